The van der Waals surface area contributed by atoms with Gasteiger partial charge in [-0.3, -0.25) is 0 Å². The van der Waals surface area contributed by atoms with E-state index < -0.39 is 0 Å². The standard InChI is InChI=1S/C9H16O/c1-7(2)5-8-3-4-9(10)6-8/h6-7,9-10H,3-5H2,1-2H3. The fourth-order valence-corrected chi connectivity index (χ4v) is 1.47. The highest BCUT2D eigenvalue weighted by Crippen LogP contribution is 2.23. The molecule has 0 aromatic heterocycles. The monoisotopic (exact) mass is 140 g/mol. The second kappa shape index (κ2) is 3.20. The van der Waals surface area contributed by atoms with E-state index in [-0.39, 0.29) is 6.10 Å². The maximum atomic E-state index is 9.14. The third kappa shape index (κ3) is 2.14. The van der Waals surface area contributed by atoms with Crippen LogP contribution in [0.15, 0.2) is 11.6 Å². The van der Waals surface area contributed by atoms with Crippen LogP contribution in [0.25, 0.3) is 0 Å². The molecule has 0 heterocycles. The van der Waals surface area contributed by atoms with Gasteiger partial charge >= 0.3 is 0 Å². The van der Waals surface area contributed by atoms with E-state index in [1.165, 1.54) is 5.57 Å². The summed E-state index contributed by atoms with van der Waals surface area (Å²) in [5.74, 6) is 0.733. The molecule has 0 saturated heterocycles. The van der Waals surface area contributed by atoms with Crippen LogP contribution in [-0.2, 0) is 0 Å². The van der Waals surface area contributed by atoms with Crippen LogP contribution in [0.2, 0.25) is 0 Å². The van der Waals surface area contributed by atoms with E-state index in [9.17, 15) is 0 Å². The Morgan fingerprint density at radius 3 is 2.80 bits per heavy atom. The van der Waals surface area contributed by atoms with Crippen LogP contribution in [0.1, 0.15) is 33.1 Å². The van der Waals surface area contributed by atoms with Crippen molar-refractivity contribution in [3.63, 3.8) is 0 Å². The largest absolute Gasteiger partial charge is 0.389 e. The lowest BCUT2D eigenvalue weighted by atomic mass is 10.0. The highest BCUT2D eigenvalue weighted by molar-refractivity contribution is 5.11. The minimum absolute atomic E-state index is 0.145. The van der Waals surface area contributed by atoms with Gasteiger partial charge in [-0.25, -0.2) is 0 Å². The third-order valence-corrected chi connectivity index (χ3v) is 1.86. The number of aliphatic hydroxyl groups excluding tert-OH is 1. The Hall–Kier alpha value is -0.300. The van der Waals surface area contributed by atoms with Gasteiger partial charge in [-0.2, -0.15) is 0 Å². The van der Waals surface area contributed by atoms with E-state index in [1.807, 2.05) is 6.08 Å². The first-order chi connectivity index (χ1) is 4.68. The maximum Gasteiger partial charge on any atom is 0.0726 e. The molecule has 1 unspecified atom stereocenters. The van der Waals surface area contributed by atoms with Crippen molar-refractivity contribution >= 4 is 0 Å². The van der Waals surface area contributed by atoms with Gasteiger partial charge in [0.05, 0.1) is 6.10 Å². The molecule has 1 heteroatoms. The minimum atomic E-state index is -0.145. The van der Waals surface area contributed by atoms with Crippen molar-refractivity contribution in [2.24, 2.45) is 5.92 Å². The van der Waals surface area contributed by atoms with Gasteiger partial charge in [-0.1, -0.05) is 25.5 Å². The van der Waals surface area contributed by atoms with Gasteiger partial charge in [0.25, 0.3) is 0 Å². The Morgan fingerprint density at radius 1 is 1.70 bits per heavy atom. The van der Waals surface area contributed by atoms with Crippen LogP contribution in [0.5, 0.6) is 0 Å². The lowest BCUT2D eigenvalue weighted by Gasteiger charge is -2.03. The van der Waals surface area contributed by atoms with Crippen molar-refractivity contribution in [2.45, 2.75) is 39.2 Å². The molecule has 0 aliphatic heterocycles. The molecule has 0 radical (unpaired) electrons. The van der Waals surface area contributed by atoms with Crippen LogP contribution in [0.4, 0.5) is 0 Å². The quantitative estimate of drug-likeness (QED) is 0.582. The van der Waals surface area contributed by atoms with Crippen LogP contribution in [-0.4, -0.2) is 11.2 Å². The summed E-state index contributed by atoms with van der Waals surface area (Å²) in [6.07, 6.45) is 5.09. The molecule has 1 atom stereocenters. The van der Waals surface area contributed by atoms with E-state index in [2.05, 4.69) is 13.8 Å². The van der Waals surface area contributed by atoms with Gasteiger partial charge in [0.15, 0.2) is 0 Å². The van der Waals surface area contributed by atoms with Crippen LogP contribution >= 0.6 is 0 Å². The summed E-state index contributed by atoms with van der Waals surface area (Å²) in [6.45, 7) is 4.43. The molecular formula is C9H16O. The summed E-state index contributed by atoms with van der Waals surface area (Å²) in [4.78, 5) is 0. The predicted octanol–water partition coefficient (Wildman–Crippen LogP) is 2.11. The maximum absolute atomic E-state index is 9.14. The molecule has 0 amide bonds. The average molecular weight is 140 g/mol. The first-order valence-corrected chi connectivity index (χ1v) is 4.06. The Bertz CT molecular complexity index is 136. The van der Waals surface area contributed by atoms with E-state index in [0.29, 0.717) is 0 Å². The van der Waals surface area contributed by atoms with Crippen LogP contribution in [0.3, 0.4) is 0 Å². The fraction of sp³-hybridized carbons (Fsp3) is 0.778. The molecule has 1 aliphatic carbocycles. The lowest BCUT2D eigenvalue weighted by Crippen LogP contribution is -1.93. The van der Waals surface area contributed by atoms with Gasteiger partial charge in [-0.05, 0) is 25.2 Å². The second-order valence-electron chi connectivity index (χ2n) is 3.53. The third-order valence-electron chi connectivity index (χ3n) is 1.86. The molecule has 1 rings (SSSR count). The molecule has 0 aromatic rings. The zero-order valence-corrected chi connectivity index (χ0v) is 6.80. The van der Waals surface area contributed by atoms with Gasteiger partial charge < -0.3 is 5.11 Å². The molecule has 1 N–H and O–H groups in total. The van der Waals surface area contributed by atoms with Crippen molar-refractivity contribution < 1.29 is 5.11 Å². The summed E-state index contributed by atoms with van der Waals surface area (Å²) in [5, 5.41) is 9.14. The molecule has 1 nitrogen and oxygen atoms in total. The highest BCUT2D eigenvalue weighted by Gasteiger charge is 2.12. The summed E-state index contributed by atoms with van der Waals surface area (Å²) >= 11 is 0. The van der Waals surface area contributed by atoms with E-state index in [0.717, 1.165) is 25.2 Å². The Kier molecular flexibility index (Phi) is 2.50. The fourth-order valence-electron chi connectivity index (χ4n) is 1.47. The SMILES string of the molecule is CC(C)CC1=CC(O)CC1. The van der Waals surface area contributed by atoms with Crippen molar-refractivity contribution in [1.82, 2.24) is 0 Å². The molecule has 58 valence electrons. The minimum Gasteiger partial charge on any atom is -0.389 e. The highest BCUT2D eigenvalue weighted by atomic mass is 16.3. The van der Waals surface area contributed by atoms with Gasteiger partial charge in [0, 0.05) is 0 Å². The number of aliphatic hydroxyl groups is 1. The predicted molar refractivity (Wildman–Crippen MR) is 42.8 cm³/mol. The summed E-state index contributed by atoms with van der Waals surface area (Å²) in [6, 6.07) is 0. The van der Waals surface area contributed by atoms with Crippen LogP contribution < -0.4 is 0 Å². The molecule has 0 aromatic carbocycles. The van der Waals surface area contributed by atoms with Crippen LogP contribution in [0, 0.1) is 5.92 Å². The first kappa shape index (κ1) is 7.80. The zero-order valence-electron chi connectivity index (χ0n) is 6.80. The second-order valence-corrected chi connectivity index (χ2v) is 3.53. The van der Waals surface area contributed by atoms with Crippen molar-refractivity contribution in [1.29, 1.82) is 0 Å². The number of rotatable bonds is 2. The Morgan fingerprint density at radius 2 is 2.40 bits per heavy atom. The topological polar surface area (TPSA) is 20.2 Å². The summed E-state index contributed by atoms with van der Waals surface area (Å²) < 4.78 is 0. The van der Waals surface area contributed by atoms with E-state index >= 15 is 0 Å². The van der Waals surface area contributed by atoms with Crippen molar-refractivity contribution in [3.05, 3.63) is 11.6 Å². The smallest absolute Gasteiger partial charge is 0.0726 e. The normalized spacial score (nSPS) is 25.6. The Labute approximate surface area is 62.8 Å². The molecule has 10 heavy (non-hydrogen) atoms. The summed E-state index contributed by atoms with van der Waals surface area (Å²) in [7, 11) is 0. The van der Waals surface area contributed by atoms with E-state index in [1.54, 1.807) is 0 Å². The Balaban J connectivity index is 2.35. The number of allylic oxidation sites excluding steroid dienone is 1. The van der Waals surface area contributed by atoms with Crippen molar-refractivity contribution in [3.8, 4) is 0 Å². The van der Waals surface area contributed by atoms with E-state index in [4.69, 9.17) is 5.11 Å². The van der Waals surface area contributed by atoms with Crippen molar-refractivity contribution in [2.75, 3.05) is 0 Å². The number of hydrogen-bond acceptors (Lipinski definition) is 1. The molecule has 0 bridgehead atoms. The lowest BCUT2D eigenvalue weighted by molar-refractivity contribution is 0.223. The average Bonchev–Trinajstić information content (AvgIpc) is 2.13. The molecule has 0 fully saturated rings. The van der Waals surface area contributed by atoms with Gasteiger partial charge in [-0.15, -0.1) is 0 Å². The van der Waals surface area contributed by atoms with Gasteiger partial charge in [0.2, 0.25) is 0 Å². The molecule has 0 spiro atoms. The zero-order chi connectivity index (χ0) is 7.56. The molecule has 1 aliphatic rings. The molecule has 0 saturated carbocycles. The summed E-state index contributed by atoms with van der Waals surface area (Å²) in [5.41, 5.74) is 1.45. The number of hydrogen-bond donors (Lipinski definition) is 1. The van der Waals surface area contributed by atoms with Gasteiger partial charge in [0.1, 0.15) is 0 Å². The first-order valence-electron chi connectivity index (χ1n) is 4.06. The molecular weight excluding hydrogens is 124 g/mol.